The number of allylic oxidation sites excluding steroid dienone is 1. The summed E-state index contributed by atoms with van der Waals surface area (Å²) >= 11 is 5.70. The second-order valence-corrected chi connectivity index (χ2v) is 3.87. The Morgan fingerprint density at radius 1 is 1.42 bits per heavy atom. The Hall–Kier alpha value is 0.0300. The van der Waals surface area contributed by atoms with Gasteiger partial charge in [-0.3, -0.25) is 0 Å². The molecule has 0 fully saturated rings. The van der Waals surface area contributed by atoms with Crippen LogP contribution in [0, 0.1) is 11.8 Å². The second kappa shape index (κ2) is 7.67. The molecule has 72 valence electrons. The molecule has 0 aromatic carbocycles. The van der Waals surface area contributed by atoms with Crippen molar-refractivity contribution in [3.05, 3.63) is 12.7 Å². The first-order valence-corrected chi connectivity index (χ1v) is 5.48. The average molecular weight is 189 g/mol. The van der Waals surface area contributed by atoms with Crippen molar-refractivity contribution < 1.29 is 0 Å². The standard InChI is InChI=1S/C11H21Cl/c1-4-6-7-11(5-2)10(3)8-9-12/h5,10-11H,2,4,6-9H2,1,3H3. The SMILES string of the molecule is C=CC(CCCC)C(C)CCCl. The third kappa shape index (κ3) is 4.82. The highest BCUT2D eigenvalue weighted by atomic mass is 35.5. The minimum absolute atomic E-state index is 0.670. The molecule has 0 rings (SSSR count). The number of alkyl halides is 1. The maximum absolute atomic E-state index is 5.70. The van der Waals surface area contributed by atoms with Crippen molar-refractivity contribution in [1.82, 2.24) is 0 Å². The van der Waals surface area contributed by atoms with Crippen LogP contribution >= 0.6 is 11.6 Å². The van der Waals surface area contributed by atoms with E-state index in [1.165, 1.54) is 19.3 Å². The molecule has 0 N–H and O–H groups in total. The van der Waals surface area contributed by atoms with Gasteiger partial charge >= 0.3 is 0 Å². The van der Waals surface area contributed by atoms with Crippen LogP contribution in [0.3, 0.4) is 0 Å². The fourth-order valence-electron chi connectivity index (χ4n) is 1.46. The fourth-order valence-corrected chi connectivity index (χ4v) is 1.80. The molecule has 0 bridgehead atoms. The van der Waals surface area contributed by atoms with Crippen molar-refractivity contribution in [1.29, 1.82) is 0 Å². The van der Waals surface area contributed by atoms with Gasteiger partial charge in [-0.1, -0.05) is 32.8 Å². The van der Waals surface area contributed by atoms with E-state index in [4.69, 9.17) is 11.6 Å². The van der Waals surface area contributed by atoms with Gasteiger partial charge in [-0.25, -0.2) is 0 Å². The Kier molecular flexibility index (Phi) is 7.69. The smallest absolute Gasteiger partial charge is 0.0226 e. The van der Waals surface area contributed by atoms with Gasteiger partial charge in [0, 0.05) is 5.88 Å². The first-order valence-electron chi connectivity index (χ1n) is 4.94. The van der Waals surface area contributed by atoms with Gasteiger partial charge in [0.2, 0.25) is 0 Å². The van der Waals surface area contributed by atoms with Gasteiger partial charge in [0.1, 0.15) is 0 Å². The number of hydrogen-bond donors (Lipinski definition) is 0. The molecular formula is C11H21Cl. The Morgan fingerprint density at radius 2 is 2.08 bits per heavy atom. The third-order valence-corrected chi connectivity index (χ3v) is 2.71. The summed E-state index contributed by atoms with van der Waals surface area (Å²) in [6.45, 7) is 8.37. The summed E-state index contributed by atoms with van der Waals surface area (Å²) < 4.78 is 0. The lowest BCUT2D eigenvalue weighted by molar-refractivity contribution is 0.385. The Balaban J connectivity index is 3.70. The molecule has 0 aromatic rings. The molecule has 0 aliphatic rings. The lowest BCUT2D eigenvalue weighted by Gasteiger charge is -2.19. The summed E-state index contributed by atoms with van der Waals surface area (Å²) in [5, 5.41) is 0. The van der Waals surface area contributed by atoms with Crippen LogP contribution in [0.25, 0.3) is 0 Å². The van der Waals surface area contributed by atoms with Crippen LogP contribution in [0.15, 0.2) is 12.7 Å². The minimum atomic E-state index is 0.670. The van der Waals surface area contributed by atoms with E-state index in [0.717, 1.165) is 12.3 Å². The van der Waals surface area contributed by atoms with Gasteiger partial charge in [0.15, 0.2) is 0 Å². The number of unbranched alkanes of at least 4 members (excludes halogenated alkanes) is 1. The Labute approximate surface area is 82.0 Å². The van der Waals surface area contributed by atoms with Crippen molar-refractivity contribution in [2.24, 2.45) is 11.8 Å². The van der Waals surface area contributed by atoms with Gasteiger partial charge in [0.05, 0.1) is 0 Å². The van der Waals surface area contributed by atoms with Crippen molar-refractivity contribution in [2.45, 2.75) is 39.5 Å². The van der Waals surface area contributed by atoms with E-state index < -0.39 is 0 Å². The summed E-state index contributed by atoms with van der Waals surface area (Å²) in [6, 6.07) is 0. The number of halogens is 1. The van der Waals surface area contributed by atoms with Crippen LogP contribution in [0.5, 0.6) is 0 Å². The van der Waals surface area contributed by atoms with E-state index in [1.54, 1.807) is 0 Å². The van der Waals surface area contributed by atoms with Crippen LogP contribution in [0.4, 0.5) is 0 Å². The van der Waals surface area contributed by atoms with Crippen molar-refractivity contribution in [3.63, 3.8) is 0 Å². The average Bonchev–Trinajstić information content (AvgIpc) is 2.06. The maximum Gasteiger partial charge on any atom is 0.0226 e. The lowest BCUT2D eigenvalue weighted by Crippen LogP contribution is -2.09. The molecule has 2 unspecified atom stereocenters. The van der Waals surface area contributed by atoms with Crippen molar-refractivity contribution in [3.8, 4) is 0 Å². The van der Waals surface area contributed by atoms with Crippen LogP contribution in [-0.4, -0.2) is 5.88 Å². The quantitative estimate of drug-likeness (QED) is 0.414. The molecule has 0 saturated heterocycles. The molecule has 0 heterocycles. The highest BCUT2D eigenvalue weighted by Crippen LogP contribution is 2.22. The first-order chi connectivity index (χ1) is 5.76. The Bertz CT molecular complexity index is 110. The lowest BCUT2D eigenvalue weighted by atomic mass is 9.88. The third-order valence-electron chi connectivity index (χ3n) is 2.49. The molecule has 0 radical (unpaired) electrons. The summed E-state index contributed by atoms with van der Waals surface area (Å²) in [4.78, 5) is 0. The summed E-state index contributed by atoms with van der Waals surface area (Å²) in [5.41, 5.74) is 0. The molecule has 0 saturated carbocycles. The summed E-state index contributed by atoms with van der Waals surface area (Å²) in [5.74, 6) is 2.15. The predicted octanol–water partition coefficient (Wildman–Crippen LogP) is 4.24. The molecule has 0 spiro atoms. The molecule has 1 heteroatoms. The monoisotopic (exact) mass is 188 g/mol. The normalized spacial score (nSPS) is 15.6. The highest BCUT2D eigenvalue weighted by molar-refractivity contribution is 6.17. The van der Waals surface area contributed by atoms with Crippen LogP contribution in [0.2, 0.25) is 0 Å². The van der Waals surface area contributed by atoms with Crippen molar-refractivity contribution in [2.75, 3.05) is 5.88 Å². The molecule has 0 aromatic heterocycles. The molecule has 0 nitrogen and oxygen atoms in total. The van der Waals surface area contributed by atoms with Crippen LogP contribution in [-0.2, 0) is 0 Å². The number of rotatable bonds is 7. The molecule has 0 amide bonds. The zero-order chi connectivity index (χ0) is 9.40. The molecule has 2 atom stereocenters. The Morgan fingerprint density at radius 3 is 2.50 bits per heavy atom. The van der Waals surface area contributed by atoms with Gasteiger partial charge in [0.25, 0.3) is 0 Å². The molecule has 12 heavy (non-hydrogen) atoms. The van der Waals surface area contributed by atoms with Crippen molar-refractivity contribution >= 4 is 11.6 Å². The highest BCUT2D eigenvalue weighted by Gasteiger charge is 2.12. The predicted molar refractivity (Wildman–Crippen MR) is 57.7 cm³/mol. The minimum Gasteiger partial charge on any atom is -0.127 e. The summed E-state index contributed by atoms with van der Waals surface area (Å²) in [7, 11) is 0. The van der Waals surface area contributed by atoms with Gasteiger partial charge in [-0.2, -0.15) is 0 Å². The van der Waals surface area contributed by atoms with Gasteiger partial charge in [-0.05, 0) is 24.7 Å². The maximum atomic E-state index is 5.70. The first kappa shape index (κ1) is 12.0. The number of hydrogen-bond acceptors (Lipinski definition) is 0. The zero-order valence-corrected chi connectivity index (χ0v) is 9.11. The van der Waals surface area contributed by atoms with E-state index >= 15 is 0 Å². The zero-order valence-electron chi connectivity index (χ0n) is 8.35. The summed E-state index contributed by atoms with van der Waals surface area (Å²) in [6.07, 6.45) is 7.06. The van der Waals surface area contributed by atoms with E-state index in [2.05, 4.69) is 26.5 Å². The largest absolute Gasteiger partial charge is 0.127 e. The van der Waals surface area contributed by atoms with E-state index in [0.29, 0.717) is 11.8 Å². The van der Waals surface area contributed by atoms with E-state index in [1.807, 2.05) is 0 Å². The fraction of sp³-hybridized carbons (Fsp3) is 0.818. The van der Waals surface area contributed by atoms with Crippen LogP contribution in [0.1, 0.15) is 39.5 Å². The van der Waals surface area contributed by atoms with E-state index in [-0.39, 0.29) is 0 Å². The van der Waals surface area contributed by atoms with Gasteiger partial charge in [-0.15, -0.1) is 18.2 Å². The molecule has 0 aliphatic heterocycles. The van der Waals surface area contributed by atoms with E-state index in [9.17, 15) is 0 Å². The molecular weight excluding hydrogens is 168 g/mol. The van der Waals surface area contributed by atoms with Crippen LogP contribution < -0.4 is 0 Å². The molecule has 0 aliphatic carbocycles. The second-order valence-electron chi connectivity index (χ2n) is 3.50. The van der Waals surface area contributed by atoms with Gasteiger partial charge < -0.3 is 0 Å². The topological polar surface area (TPSA) is 0 Å².